The first-order chi connectivity index (χ1) is 10.5. The summed E-state index contributed by atoms with van der Waals surface area (Å²) in [6.07, 6.45) is 3.52. The number of hydrogen-bond donors (Lipinski definition) is 1. The molecule has 0 radical (unpaired) electrons. The van der Waals surface area contributed by atoms with Gasteiger partial charge >= 0.3 is 0 Å². The SMILES string of the molecule is CNC(=O)C[C@H]1CN(C(=O)/C=C/c2csc(C)n2)C[C@@H]1OC. The van der Waals surface area contributed by atoms with Crippen molar-refractivity contribution in [2.24, 2.45) is 5.92 Å². The van der Waals surface area contributed by atoms with Gasteiger partial charge in [-0.1, -0.05) is 0 Å². The molecule has 1 aromatic rings. The van der Waals surface area contributed by atoms with Crippen molar-refractivity contribution in [1.82, 2.24) is 15.2 Å². The van der Waals surface area contributed by atoms with E-state index in [2.05, 4.69) is 10.3 Å². The van der Waals surface area contributed by atoms with Crippen LogP contribution in [0.15, 0.2) is 11.5 Å². The third-order valence-corrected chi connectivity index (χ3v) is 4.55. The van der Waals surface area contributed by atoms with E-state index in [1.807, 2.05) is 12.3 Å². The van der Waals surface area contributed by atoms with Crippen LogP contribution in [0, 0.1) is 12.8 Å². The smallest absolute Gasteiger partial charge is 0.246 e. The van der Waals surface area contributed by atoms with Crippen molar-refractivity contribution in [3.63, 3.8) is 0 Å². The molecule has 22 heavy (non-hydrogen) atoms. The minimum absolute atomic E-state index is 0.0313. The zero-order valence-corrected chi connectivity index (χ0v) is 13.9. The molecule has 1 aromatic heterocycles. The van der Waals surface area contributed by atoms with E-state index in [9.17, 15) is 9.59 Å². The first-order valence-electron chi connectivity index (χ1n) is 7.16. The van der Waals surface area contributed by atoms with Crippen LogP contribution in [-0.4, -0.2) is 55.0 Å². The molecule has 7 heteroatoms. The molecule has 0 spiro atoms. The van der Waals surface area contributed by atoms with E-state index in [1.54, 1.807) is 36.5 Å². The van der Waals surface area contributed by atoms with Crippen molar-refractivity contribution >= 4 is 29.2 Å². The Bertz CT molecular complexity index is 570. The fourth-order valence-corrected chi connectivity index (χ4v) is 3.12. The van der Waals surface area contributed by atoms with Crippen LogP contribution >= 0.6 is 11.3 Å². The summed E-state index contributed by atoms with van der Waals surface area (Å²) >= 11 is 1.55. The van der Waals surface area contributed by atoms with Crippen molar-refractivity contribution < 1.29 is 14.3 Å². The fourth-order valence-electron chi connectivity index (χ4n) is 2.54. The molecule has 1 saturated heterocycles. The Balaban J connectivity index is 1.96. The van der Waals surface area contributed by atoms with E-state index in [-0.39, 0.29) is 23.8 Å². The first-order valence-corrected chi connectivity index (χ1v) is 8.04. The van der Waals surface area contributed by atoms with Gasteiger partial charge in [0, 0.05) is 51.0 Å². The van der Waals surface area contributed by atoms with E-state index >= 15 is 0 Å². The number of carbonyl (C=O) groups excluding carboxylic acids is 2. The number of aromatic nitrogens is 1. The number of amides is 2. The van der Waals surface area contributed by atoms with Gasteiger partial charge in [-0.25, -0.2) is 4.98 Å². The van der Waals surface area contributed by atoms with Crippen LogP contribution in [0.1, 0.15) is 17.1 Å². The van der Waals surface area contributed by atoms with Gasteiger partial charge in [-0.3, -0.25) is 9.59 Å². The maximum absolute atomic E-state index is 12.2. The lowest BCUT2D eigenvalue weighted by molar-refractivity contribution is -0.126. The number of methoxy groups -OCH3 is 1. The van der Waals surface area contributed by atoms with E-state index in [0.717, 1.165) is 10.7 Å². The molecule has 2 heterocycles. The number of ether oxygens (including phenoxy) is 1. The van der Waals surface area contributed by atoms with Crippen molar-refractivity contribution in [2.45, 2.75) is 19.4 Å². The predicted octanol–water partition coefficient (Wildman–Crippen LogP) is 1.07. The summed E-state index contributed by atoms with van der Waals surface area (Å²) in [5.74, 6) is -0.0780. The highest BCUT2D eigenvalue weighted by atomic mass is 32.1. The largest absolute Gasteiger partial charge is 0.379 e. The standard InChI is InChI=1S/C15H21N3O3S/c1-10-17-12(9-22-10)4-5-15(20)18-7-11(6-14(19)16-2)13(8-18)21-3/h4-5,9,11,13H,6-8H2,1-3H3,(H,16,19)/b5-4+/t11-,13-/m0/s1. The molecular weight excluding hydrogens is 302 g/mol. The lowest BCUT2D eigenvalue weighted by atomic mass is 10.0. The molecular formula is C15H21N3O3S. The maximum Gasteiger partial charge on any atom is 0.246 e. The van der Waals surface area contributed by atoms with Crippen LogP contribution < -0.4 is 5.32 Å². The average Bonchev–Trinajstić information content (AvgIpc) is 3.10. The topological polar surface area (TPSA) is 71.5 Å². The molecule has 1 N–H and O–H groups in total. The van der Waals surface area contributed by atoms with Gasteiger partial charge in [-0.05, 0) is 13.0 Å². The lowest BCUT2D eigenvalue weighted by Gasteiger charge is -2.14. The highest BCUT2D eigenvalue weighted by Gasteiger charge is 2.35. The Hall–Kier alpha value is -1.73. The Morgan fingerprint density at radius 2 is 2.32 bits per heavy atom. The summed E-state index contributed by atoms with van der Waals surface area (Å²) in [5, 5.41) is 5.49. The molecule has 2 atom stereocenters. The molecule has 1 aliphatic heterocycles. The van der Waals surface area contributed by atoms with Gasteiger partial charge < -0.3 is 15.0 Å². The Morgan fingerprint density at radius 3 is 2.91 bits per heavy atom. The molecule has 120 valence electrons. The van der Waals surface area contributed by atoms with E-state index < -0.39 is 0 Å². The normalized spacial score (nSPS) is 21.5. The van der Waals surface area contributed by atoms with Crippen molar-refractivity contribution in [1.29, 1.82) is 0 Å². The van der Waals surface area contributed by atoms with Crippen LogP contribution in [0.5, 0.6) is 0 Å². The van der Waals surface area contributed by atoms with Crippen molar-refractivity contribution in [3.8, 4) is 0 Å². The Labute approximate surface area is 134 Å². The fraction of sp³-hybridized carbons (Fsp3) is 0.533. The summed E-state index contributed by atoms with van der Waals surface area (Å²) in [7, 11) is 3.23. The van der Waals surface area contributed by atoms with Gasteiger partial charge in [0.05, 0.1) is 16.8 Å². The molecule has 1 fully saturated rings. The third-order valence-electron chi connectivity index (χ3n) is 3.76. The average molecular weight is 323 g/mol. The molecule has 1 aliphatic rings. The molecule has 0 saturated carbocycles. The number of hydrogen-bond acceptors (Lipinski definition) is 5. The summed E-state index contributed by atoms with van der Waals surface area (Å²) in [5.41, 5.74) is 0.792. The monoisotopic (exact) mass is 323 g/mol. The second-order valence-electron chi connectivity index (χ2n) is 5.28. The predicted molar refractivity (Wildman–Crippen MR) is 85.4 cm³/mol. The van der Waals surface area contributed by atoms with Gasteiger partial charge in [0.2, 0.25) is 11.8 Å². The zero-order chi connectivity index (χ0) is 16.1. The second-order valence-corrected chi connectivity index (χ2v) is 6.34. The number of likely N-dealkylation sites (tertiary alicyclic amines) is 1. The number of carbonyl (C=O) groups is 2. The van der Waals surface area contributed by atoms with Gasteiger partial charge in [0.15, 0.2) is 0 Å². The molecule has 6 nitrogen and oxygen atoms in total. The van der Waals surface area contributed by atoms with Crippen molar-refractivity contribution in [3.05, 3.63) is 22.2 Å². The minimum Gasteiger partial charge on any atom is -0.379 e. The maximum atomic E-state index is 12.2. The highest BCUT2D eigenvalue weighted by Crippen LogP contribution is 2.23. The summed E-state index contributed by atoms with van der Waals surface area (Å²) in [6, 6.07) is 0. The third kappa shape index (κ3) is 4.14. The second kappa shape index (κ2) is 7.51. The van der Waals surface area contributed by atoms with E-state index in [1.165, 1.54) is 6.08 Å². The number of thiazole rings is 1. The number of aryl methyl sites for hydroxylation is 1. The van der Waals surface area contributed by atoms with Gasteiger partial charge in [0.1, 0.15) is 0 Å². The van der Waals surface area contributed by atoms with E-state index in [4.69, 9.17) is 4.74 Å². The lowest BCUT2D eigenvalue weighted by Crippen LogP contribution is -2.28. The van der Waals surface area contributed by atoms with Crippen LogP contribution in [0.2, 0.25) is 0 Å². The van der Waals surface area contributed by atoms with Gasteiger partial charge in [0.25, 0.3) is 0 Å². The minimum atomic E-state index is -0.101. The molecule has 2 amide bonds. The zero-order valence-electron chi connectivity index (χ0n) is 13.0. The van der Waals surface area contributed by atoms with Crippen molar-refractivity contribution in [2.75, 3.05) is 27.2 Å². The van der Waals surface area contributed by atoms with Crippen LogP contribution in [0.4, 0.5) is 0 Å². The summed E-state index contributed by atoms with van der Waals surface area (Å²) in [4.78, 5) is 29.8. The Kier molecular flexibility index (Phi) is 5.68. The summed E-state index contributed by atoms with van der Waals surface area (Å²) < 4.78 is 5.41. The molecule has 0 aromatic carbocycles. The van der Waals surface area contributed by atoms with Gasteiger partial charge in [-0.15, -0.1) is 11.3 Å². The highest BCUT2D eigenvalue weighted by molar-refractivity contribution is 7.09. The number of nitrogens with one attached hydrogen (secondary N) is 1. The molecule has 2 rings (SSSR count). The molecule has 0 unspecified atom stereocenters. The van der Waals surface area contributed by atoms with E-state index in [0.29, 0.717) is 19.5 Å². The molecule has 0 bridgehead atoms. The van der Waals surface area contributed by atoms with Gasteiger partial charge in [-0.2, -0.15) is 0 Å². The van der Waals surface area contributed by atoms with Crippen LogP contribution in [-0.2, 0) is 14.3 Å². The quantitative estimate of drug-likeness (QED) is 0.823. The number of rotatable bonds is 5. The van der Waals surface area contributed by atoms with Crippen LogP contribution in [0.25, 0.3) is 6.08 Å². The summed E-state index contributed by atoms with van der Waals surface area (Å²) in [6.45, 7) is 2.97. The Morgan fingerprint density at radius 1 is 1.55 bits per heavy atom. The molecule has 0 aliphatic carbocycles. The van der Waals surface area contributed by atoms with Crippen LogP contribution in [0.3, 0.4) is 0 Å². The number of nitrogens with zero attached hydrogens (tertiary/aromatic N) is 2. The first kappa shape index (κ1) is 16.6.